The van der Waals surface area contributed by atoms with Crippen LogP contribution in [0, 0.1) is 25.2 Å². The molecular formula is C15H18N6. The predicted molar refractivity (Wildman–Crippen MR) is 78.8 cm³/mol. The highest BCUT2D eigenvalue weighted by molar-refractivity contribution is 5.59. The zero-order valence-electron chi connectivity index (χ0n) is 12.5. The third-order valence-electron chi connectivity index (χ3n) is 4.18. The van der Waals surface area contributed by atoms with Crippen molar-refractivity contribution in [2.45, 2.75) is 32.7 Å². The Morgan fingerprint density at radius 2 is 2.14 bits per heavy atom. The molecule has 3 heterocycles. The topological polar surface area (TPSA) is 70.6 Å². The number of hydrogen-bond donors (Lipinski definition) is 0. The lowest BCUT2D eigenvalue weighted by Gasteiger charge is -2.25. The van der Waals surface area contributed by atoms with Crippen molar-refractivity contribution in [2.24, 2.45) is 7.05 Å². The molecular weight excluding hydrogens is 264 g/mol. The van der Waals surface area contributed by atoms with Gasteiger partial charge < -0.3 is 4.90 Å². The number of aryl methyl sites for hydroxylation is 2. The minimum absolute atomic E-state index is 0.224. The first kappa shape index (κ1) is 13.6. The molecule has 0 N–H and O–H groups in total. The van der Waals surface area contributed by atoms with Crippen LogP contribution in [0.1, 0.15) is 41.3 Å². The van der Waals surface area contributed by atoms with Crippen molar-refractivity contribution >= 4 is 5.82 Å². The molecule has 0 aliphatic carbocycles. The highest BCUT2D eigenvalue weighted by atomic mass is 15.3. The third-order valence-corrected chi connectivity index (χ3v) is 4.18. The smallest absolute Gasteiger partial charge is 0.170 e. The number of nitriles is 1. The van der Waals surface area contributed by atoms with Crippen LogP contribution in [0.3, 0.4) is 0 Å². The van der Waals surface area contributed by atoms with Crippen molar-refractivity contribution in [3.05, 3.63) is 34.8 Å². The van der Waals surface area contributed by atoms with Crippen LogP contribution >= 0.6 is 0 Å². The summed E-state index contributed by atoms with van der Waals surface area (Å²) in [7, 11) is 1.92. The van der Waals surface area contributed by atoms with Gasteiger partial charge in [-0.05, 0) is 32.3 Å². The van der Waals surface area contributed by atoms with Crippen LogP contribution < -0.4 is 4.90 Å². The molecule has 0 radical (unpaired) electrons. The quantitative estimate of drug-likeness (QED) is 0.843. The fourth-order valence-corrected chi connectivity index (χ4v) is 2.91. The van der Waals surface area contributed by atoms with Gasteiger partial charge in [0.05, 0.1) is 17.9 Å². The van der Waals surface area contributed by atoms with Gasteiger partial charge in [0.15, 0.2) is 5.82 Å². The van der Waals surface area contributed by atoms with Crippen molar-refractivity contribution in [2.75, 3.05) is 11.4 Å². The standard InChI is InChI=1S/C15H18N6/c1-10-11(2)18-19-15(13(10)7-16)21-6-4-5-14(21)12-8-17-20(3)9-12/h8-9,14H,4-6H2,1-3H3/t14-/m0/s1. The first-order valence-corrected chi connectivity index (χ1v) is 7.11. The van der Waals surface area contributed by atoms with Crippen LogP contribution in [0.4, 0.5) is 5.82 Å². The SMILES string of the molecule is Cc1nnc(N2CCC[C@H]2c2cnn(C)c2)c(C#N)c1C. The number of nitrogens with zero attached hydrogens (tertiary/aromatic N) is 6. The van der Waals surface area contributed by atoms with Gasteiger partial charge in [0.1, 0.15) is 11.6 Å². The summed E-state index contributed by atoms with van der Waals surface area (Å²) in [4.78, 5) is 2.19. The molecule has 6 nitrogen and oxygen atoms in total. The van der Waals surface area contributed by atoms with E-state index in [4.69, 9.17) is 0 Å². The molecule has 1 fully saturated rings. The molecule has 1 saturated heterocycles. The second kappa shape index (κ2) is 5.17. The molecule has 21 heavy (non-hydrogen) atoms. The van der Waals surface area contributed by atoms with Crippen molar-refractivity contribution < 1.29 is 0 Å². The van der Waals surface area contributed by atoms with E-state index < -0.39 is 0 Å². The lowest BCUT2D eigenvalue weighted by molar-refractivity contribution is 0.699. The maximum atomic E-state index is 9.48. The molecule has 0 amide bonds. The van der Waals surface area contributed by atoms with Crippen molar-refractivity contribution in [1.29, 1.82) is 5.26 Å². The normalized spacial score (nSPS) is 18.0. The maximum Gasteiger partial charge on any atom is 0.170 e. The zero-order valence-corrected chi connectivity index (χ0v) is 12.5. The molecule has 3 rings (SSSR count). The second-order valence-corrected chi connectivity index (χ2v) is 5.52. The van der Waals surface area contributed by atoms with Crippen molar-refractivity contribution in [1.82, 2.24) is 20.0 Å². The van der Waals surface area contributed by atoms with Crippen LogP contribution in [-0.4, -0.2) is 26.5 Å². The lowest BCUT2D eigenvalue weighted by Crippen LogP contribution is -2.25. The van der Waals surface area contributed by atoms with Gasteiger partial charge in [-0.25, -0.2) is 0 Å². The molecule has 0 bridgehead atoms. The second-order valence-electron chi connectivity index (χ2n) is 5.52. The Morgan fingerprint density at radius 3 is 2.81 bits per heavy atom. The first-order chi connectivity index (χ1) is 10.1. The summed E-state index contributed by atoms with van der Waals surface area (Å²) < 4.78 is 1.81. The molecule has 0 unspecified atom stereocenters. The largest absolute Gasteiger partial charge is 0.347 e. The molecule has 0 aromatic carbocycles. The van der Waals surface area contributed by atoms with Gasteiger partial charge in [0, 0.05) is 25.4 Å². The van der Waals surface area contributed by atoms with Gasteiger partial charge in [0.2, 0.25) is 0 Å². The molecule has 1 aliphatic heterocycles. The minimum Gasteiger partial charge on any atom is -0.347 e. The third kappa shape index (κ3) is 2.25. The van der Waals surface area contributed by atoms with Gasteiger partial charge in [-0.2, -0.15) is 15.5 Å². The monoisotopic (exact) mass is 282 g/mol. The molecule has 2 aromatic rings. The minimum atomic E-state index is 0.224. The Labute approximate surface area is 124 Å². The Balaban J connectivity index is 2.04. The number of hydrogen-bond acceptors (Lipinski definition) is 5. The van der Waals surface area contributed by atoms with Gasteiger partial charge >= 0.3 is 0 Å². The van der Waals surface area contributed by atoms with Gasteiger partial charge in [0.25, 0.3) is 0 Å². The summed E-state index contributed by atoms with van der Waals surface area (Å²) in [6, 6.07) is 2.52. The van der Waals surface area contributed by atoms with Crippen LogP contribution in [0.5, 0.6) is 0 Å². The molecule has 0 saturated carbocycles. The van der Waals surface area contributed by atoms with Crippen LogP contribution in [0.25, 0.3) is 0 Å². The molecule has 0 spiro atoms. The van der Waals surface area contributed by atoms with E-state index in [1.165, 1.54) is 5.56 Å². The van der Waals surface area contributed by atoms with E-state index in [2.05, 4.69) is 26.3 Å². The van der Waals surface area contributed by atoms with E-state index in [0.29, 0.717) is 11.4 Å². The van der Waals surface area contributed by atoms with E-state index in [-0.39, 0.29) is 6.04 Å². The lowest BCUT2D eigenvalue weighted by atomic mass is 10.1. The number of rotatable bonds is 2. The Hall–Kier alpha value is -2.42. The van der Waals surface area contributed by atoms with Crippen molar-refractivity contribution in [3.8, 4) is 6.07 Å². The summed E-state index contributed by atoms with van der Waals surface area (Å²) in [5.74, 6) is 0.701. The van der Waals surface area contributed by atoms with Gasteiger partial charge in [-0.1, -0.05) is 0 Å². The van der Waals surface area contributed by atoms with E-state index in [1.807, 2.05) is 38.0 Å². The van der Waals surface area contributed by atoms with E-state index >= 15 is 0 Å². The van der Waals surface area contributed by atoms with Gasteiger partial charge in [-0.3, -0.25) is 4.68 Å². The average Bonchev–Trinajstić information content (AvgIpc) is 3.10. The summed E-state index contributed by atoms with van der Waals surface area (Å²) in [5, 5.41) is 22.2. The maximum absolute atomic E-state index is 9.48. The van der Waals surface area contributed by atoms with Crippen molar-refractivity contribution in [3.63, 3.8) is 0 Å². The van der Waals surface area contributed by atoms with E-state index in [0.717, 1.165) is 30.6 Å². The summed E-state index contributed by atoms with van der Waals surface area (Å²) >= 11 is 0. The number of aromatic nitrogens is 4. The average molecular weight is 282 g/mol. The highest BCUT2D eigenvalue weighted by Gasteiger charge is 2.30. The molecule has 1 aliphatic rings. The van der Waals surface area contributed by atoms with E-state index in [9.17, 15) is 5.26 Å². The molecule has 2 aromatic heterocycles. The van der Waals surface area contributed by atoms with E-state index in [1.54, 1.807) is 0 Å². The summed E-state index contributed by atoms with van der Waals surface area (Å²) in [6.45, 7) is 4.71. The first-order valence-electron chi connectivity index (χ1n) is 7.11. The van der Waals surface area contributed by atoms with Crippen LogP contribution in [0.15, 0.2) is 12.4 Å². The predicted octanol–water partition coefficient (Wildman–Crippen LogP) is 2.04. The molecule has 1 atom stereocenters. The summed E-state index contributed by atoms with van der Waals surface area (Å²) in [5.41, 5.74) is 3.53. The zero-order chi connectivity index (χ0) is 15.0. The van der Waals surface area contributed by atoms with Gasteiger partial charge in [-0.15, -0.1) is 5.10 Å². The van der Waals surface area contributed by atoms with Crippen LogP contribution in [-0.2, 0) is 7.05 Å². The summed E-state index contributed by atoms with van der Waals surface area (Å²) in [6.07, 6.45) is 6.05. The molecule has 6 heteroatoms. The Morgan fingerprint density at radius 1 is 1.33 bits per heavy atom. The molecule has 108 valence electrons. The fourth-order valence-electron chi connectivity index (χ4n) is 2.91. The highest BCUT2D eigenvalue weighted by Crippen LogP contribution is 2.36. The number of anilines is 1. The Kier molecular flexibility index (Phi) is 3.34. The fraction of sp³-hybridized carbons (Fsp3) is 0.467. The van der Waals surface area contributed by atoms with Crippen LogP contribution in [0.2, 0.25) is 0 Å². The Bertz CT molecular complexity index is 711.